The lowest BCUT2D eigenvalue weighted by Gasteiger charge is -2.18. The highest BCUT2D eigenvalue weighted by molar-refractivity contribution is 5.84. The summed E-state index contributed by atoms with van der Waals surface area (Å²) < 4.78 is 2.23. The van der Waals surface area contributed by atoms with Gasteiger partial charge in [-0.05, 0) is 53.4 Å². The van der Waals surface area contributed by atoms with Gasteiger partial charge >= 0.3 is 0 Å². The number of aromatic nitrogens is 5. The molecule has 4 heterocycles. The Bertz CT molecular complexity index is 2490. The van der Waals surface area contributed by atoms with E-state index in [1.54, 1.807) is 0 Å². The van der Waals surface area contributed by atoms with Crippen molar-refractivity contribution in [2.24, 2.45) is 5.92 Å². The van der Waals surface area contributed by atoms with Crippen LogP contribution in [0.25, 0.3) is 73.0 Å². The van der Waals surface area contributed by atoms with Gasteiger partial charge in [0.2, 0.25) is 0 Å². The van der Waals surface area contributed by atoms with Gasteiger partial charge < -0.3 is 0 Å². The Labute approximate surface area is 291 Å². The van der Waals surface area contributed by atoms with E-state index in [0.29, 0.717) is 11.7 Å². The van der Waals surface area contributed by atoms with Crippen LogP contribution in [0.2, 0.25) is 0 Å². The third-order valence-electron chi connectivity index (χ3n) is 9.58. The largest absolute Gasteiger partial charge is 0.276 e. The molecule has 0 fully saturated rings. The van der Waals surface area contributed by atoms with Gasteiger partial charge in [0, 0.05) is 39.8 Å². The number of fused-ring (bicyclic) bond motifs is 3. The van der Waals surface area contributed by atoms with Crippen LogP contribution in [0, 0.1) is 5.92 Å². The molecule has 0 spiro atoms. The number of nitrogens with zero attached hydrogens (tertiary/aromatic N) is 5. The van der Waals surface area contributed by atoms with Crippen LogP contribution in [0.1, 0.15) is 18.5 Å². The van der Waals surface area contributed by atoms with Crippen molar-refractivity contribution in [3.05, 3.63) is 176 Å². The van der Waals surface area contributed by atoms with E-state index < -0.39 is 0 Å². The molecule has 0 radical (unpaired) electrons. The molecule has 2 unspecified atom stereocenters. The molecule has 0 saturated carbocycles. The molecule has 2 atom stereocenters. The predicted molar refractivity (Wildman–Crippen MR) is 203 cm³/mol. The normalized spacial score (nSPS) is 15.5. The van der Waals surface area contributed by atoms with Gasteiger partial charge in [-0.3, -0.25) is 4.40 Å². The molecule has 0 N–H and O–H groups in total. The van der Waals surface area contributed by atoms with Crippen LogP contribution in [0.3, 0.4) is 0 Å². The number of hydrogen-bond acceptors (Lipinski definition) is 4. The first kappa shape index (κ1) is 29.7. The van der Waals surface area contributed by atoms with Crippen LogP contribution < -0.4 is 0 Å². The summed E-state index contributed by atoms with van der Waals surface area (Å²) in [4.78, 5) is 20.2. The Morgan fingerprint density at radius 3 is 1.94 bits per heavy atom. The Balaban J connectivity index is 1.12. The molecule has 1 aliphatic rings. The second-order valence-corrected chi connectivity index (χ2v) is 12.8. The average molecular weight is 644 g/mol. The van der Waals surface area contributed by atoms with Gasteiger partial charge in [-0.2, -0.15) is 0 Å². The molecular formula is C45H33N5. The minimum atomic E-state index is 0.187. The standard InChI is InChI=1S/C45H33N5/c1-30-12-8-9-20-38(30)42-41-26-25-35-19-11-27-46-44(35)50(41)45(49-42)37-18-10-17-36(28-37)31-21-23-33(24-22-31)40-29-39(32-13-4-2-5-14-32)47-43(48-40)34-15-6-3-7-16-34/h2-30,38H,1H3. The van der Waals surface area contributed by atoms with Crippen LogP contribution in [-0.4, -0.2) is 24.3 Å². The van der Waals surface area contributed by atoms with E-state index in [-0.39, 0.29) is 5.92 Å². The zero-order chi connectivity index (χ0) is 33.4. The van der Waals surface area contributed by atoms with Gasteiger partial charge in [-0.25, -0.2) is 19.9 Å². The first-order valence-corrected chi connectivity index (χ1v) is 17.0. The lowest BCUT2D eigenvalue weighted by molar-refractivity contribution is 0.627. The molecule has 5 nitrogen and oxygen atoms in total. The Kier molecular flexibility index (Phi) is 7.43. The molecule has 4 aromatic heterocycles. The topological polar surface area (TPSA) is 56.0 Å². The summed E-state index contributed by atoms with van der Waals surface area (Å²) in [6, 6.07) is 48.3. The highest BCUT2D eigenvalue weighted by Crippen LogP contribution is 2.37. The van der Waals surface area contributed by atoms with Crippen LogP contribution in [0.15, 0.2) is 170 Å². The minimum Gasteiger partial charge on any atom is -0.276 e. The number of rotatable bonds is 6. The summed E-state index contributed by atoms with van der Waals surface area (Å²) >= 11 is 0. The summed E-state index contributed by atoms with van der Waals surface area (Å²) in [5.74, 6) is 2.14. The van der Waals surface area contributed by atoms with Crippen molar-refractivity contribution in [2.75, 3.05) is 0 Å². The second kappa shape index (κ2) is 12.5. The lowest BCUT2D eigenvalue weighted by Crippen LogP contribution is -2.08. The summed E-state index contributed by atoms with van der Waals surface area (Å²) in [7, 11) is 0. The van der Waals surface area contributed by atoms with E-state index in [0.717, 1.165) is 72.8 Å². The molecule has 8 aromatic rings. The average Bonchev–Trinajstić information content (AvgIpc) is 3.59. The molecular weight excluding hydrogens is 611 g/mol. The van der Waals surface area contributed by atoms with E-state index in [9.17, 15) is 0 Å². The van der Waals surface area contributed by atoms with E-state index >= 15 is 0 Å². The van der Waals surface area contributed by atoms with Crippen molar-refractivity contribution in [1.82, 2.24) is 24.3 Å². The van der Waals surface area contributed by atoms with E-state index in [4.69, 9.17) is 19.9 Å². The molecule has 9 rings (SSSR count). The maximum absolute atomic E-state index is 5.36. The van der Waals surface area contributed by atoms with Gasteiger partial charge in [0.15, 0.2) is 5.82 Å². The second-order valence-electron chi connectivity index (χ2n) is 12.8. The third kappa shape index (κ3) is 5.39. The molecule has 1 aliphatic carbocycles. The fourth-order valence-corrected chi connectivity index (χ4v) is 6.96. The highest BCUT2D eigenvalue weighted by atomic mass is 15.1. The first-order valence-electron chi connectivity index (χ1n) is 17.0. The fourth-order valence-electron chi connectivity index (χ4n) is 6.96. The van der Waals surface area contributed by atoms with E-state index in [1.165, 1.54) is 0 Å². The molecule has 0 bridgehead atoms. The lowest BCUT2D eigenvalue weighted by atomic mass is 9.87. The maximum atomic E-state index is 5.36. The molecule has 4 aromatic carbocycles. The van der Waals surface area contributed by atoms with Gasteiger partial charge in [0.25, 0.3) is 0 Å². The first-order chi connectivity index (χ1) is 24.7. The zero-order valence-electron chi connectivity index (χ0n) is 27.6. The number of hydrogen-bond donors (Lipinski definition) is 0. The van der Waals surface area contributed by atoms with Crippen LogP contribution in [-0.2, 0) is 0 Å². The van der Waals surface area contributed by atoms with Crippen molar-refractivity contribution in [3.63, 3.8) is 0 Å². The number of benzene rings is 4. The summed E-state index contributed by atoms with van der Waals surface area (Å²) in [5, 5.41) is 1.08. The number of imidazole rings is 1. The minimum absolute atomic E-state index is 0.187. The number of allylic oxidation sites excluding steroid dienone is 4. The third-order valence-corrected chi connectivity index (χ3v) is 9.58. The van der Waals surface area contributed by atoms with E-state index in [1.807, 2.05) is 48.7 Å². The quantitative estimate of drug-likeness (QED) is 0.181. The summed E-state index contributed by atoms with van der Waals surface area (Å²) in [5.41, 5.74) is 11.2. The molecule has 50 heavy (non-hydrogen) atoms. The van der Waals surface area contributed by atoms with E-state index in [2.05, 4.69) is 133 Å². The highest BCUT2D eigenvalue weighted by Gasteiger charge is 2.25. The SMILES string of the molecule is CC1C=CC=CC1c1nc(-c2cccc(-c3ccc(-c4cc(-c5ccccc5)nc(-c5ccccc5)n4)cc3)c2)n2c1ccc1cccnc12. The Hall–Kier alpha value is -6.46. The fraction of sp³-hybridized carbons (Fsp3) is 0.0667. The van der Waals surface area contributed by atoms with Gasteiger partial charge in [0.1, 0.15) is 11.5 Å². The zero-order valence-corrected chi connectivity index (χ0v) is 27.6. The number of pyridine rings is 2. The van der Waals surface area contributed by atoms with Crippen molar-refractivity contribution in [3.8, 4) is 56.4 Å². The maximum Gasteiger partial charge on any atom is 0.160 e. The Morgan fingerprint density at radius 2 is 1.18 bits per heavy atom. The molecule has 0 aliphatic heterocycles. The van der Waals surface area contributed by atoms with Crippen LogP contribution in [0.5, 0.6) is 0 Å². The van der Waals surface area contributed by atoms with Gasteiger partial charge in [-0.1, -0.05) is 134 Å². The van der Waals surface area contributed by atoms with Gasteiger partial charge in [-0.15, -0.1) is 0 Å². The smallest absolute Gasteiger partial charge is 0.160 e. The monoisotopic (exact) mass is 643 g/mol. The van der Waals surface area contributed by atoms with Crippen LogP contribution >= 0.6 is 0 Å². The van der Waals surface area contributed by atoms with Crippen molar-refractivity contribution >= 4 is 16.6 Å². The predicted octanol–water partition coefficient (Wildman–Crippen LogP) is 10.9. The van der Waals surface area contributed by atoms with Gasteiger partial charge in [0.05, 0.1) is 22.6 Å². The van der Waals surface area contributed by atoms with Crippen molar-refractivity contribution in [2.45, 2.75) is 12.8 Å². The van der Waals surface area contributed by atoms with Crippen molar-refractivity contribution in [1.29, 1.82) is 0 Å². The summed E-state index contributed by atoms with van der Waals surface area (Å²) in [6.45, 7) is 2.26. The van der Waals surface area contributed by atoms with Crippen LogP contribution in [0.4, 0.5) is 0 Å². The summed E-state index contributed by atoms with van der Waals surface area (Å²) in [6.07, 6.45) is 10.6. The Morgan fingerprint density at radius 1 is 0.520 bits per heavy atom. The molecule has 238 valence electrons. The van der Waals surface area contributed by atoms with Crippen molar-refractivity contribution < 1.29 is 0 Å². The molecule has 0 amide bonds. The molecule has 5 heteroatoms. The molecule has 0 saturated heterocycles.